The number of nitrogens with one attached hydrogen (secondary N) is 1. The van der Waals surface area contributed by atoms with E-state index < -0.39 is 11.7 Å². The maximum atomic E-state index is 13.7. The molecule has 3 aromatic rings. The van der Waals surface area contributed by atoms with E-state index in [4.69, 9.17) is 4.52 Å². The molecule has 3 rings (SSSR count). The van der Waals surface area contributed by atoms with Crippen LogP contribution >= 0.6 is 15.9 Å². The Labute approximate surface area is 139 Å². The Balaban J connectivity index is 1.77. The number of nitrogens with zero attached hydrogens (tertiary/aromatic N) is 2. The van der Waals surface area contributed by atoms with Gasteiger partial charge in [0.25, 0.3) is 5.91 Å². The third kappa shape index (κ3) is 3.45. The number of amides is 1. The van der Waals surface area contributed by atoms with E-state index in [0.717, 1.165) is 5.56 Å². The van der Waals surface area contributed by atoms with Crippen molar-refractivity contribution >= 4 is 27.5 Å². The van der Waals surface area contributed by atoms with E-state index in [1.54, 1.807) is 37.3 Å². The number of carbonyl (C=O) groups excluding carboxylic acids is 1. The highest BCUT2D eigenvalue weighted by atomic mass is 79.9. The Bertz CT molecular complexity index is 862. The molecule has 116 valence electrons. The quantitative estimate of drug-likeness (QED) is 0.744. The van der Waals surface area contributed by atoms with Crippen molar-refractivity contribution in [2.24, 2.45) is 0 Å². The van der Waals surface area contributed by atoms with Gasteiger partial charge in [-0.2, -0.15) is 4.98 Å². The summed E-state index contributed by atoms with van der Waals surface area (Å²) in [6.07, 6.45) is 0. The smallest absolute Gasteiger partial charge is 0.255 e. The lowest BCUT2D eigenvalue weighted by molar-refractivity contribution is 0.102. The summed E-state index contributed by atoms with van der Waals surface area (Å²) in [6, 6.07) is 11.1. The molecular weight excluding hydrogens is 365 g/mol. The minimum absolute atomic E-state index is 0.121. The molecule has 0 saturated carbocycles. The monoisotopic (exact) mass is 375 g/mol. The molecule has 2 aromatic carbocycles. The first-order chi connectivity index (χ1) is 11.0. The molecular formula is C16H11BrFN3O2. The third-order valence-electron chi connectivity index (χ3n) is 3.11. The first-order valence-electron chi connectivity index (χ1n) is 6.70. The van der Waals surface area contributed by atoms with Crippen molar-refractivity contribution in [1.82, 2.24) is 10.1 Å². The van der Waals surface area contributed by atoms with Crippen LogP contribution in [0.25, 0.3) is 11.4 Å². The van der Waals surface area contributed by atoms with Gasteiger partial charge in [-0.25, -0.2) is 4.39 Å². The zero-order valence-electron chi connectivity index (χ0n) is 12.0. The second-order valence-corrected chi connectivity index (χ2v) is 5.71. The number of rotatable bonds is 3. The van der Waals surface area contributed by atoms with Crippen molar-refractivity contribution in [2.75, 3.05) is 5.32 Å². The second-order valence-electron chi connectivity index (χ2n) is 4.79. The zero-order chi connectivity index (χ0) is 16.4. The maximum Gasteiger partial charge on any atom is 0.255 e. The highest BCUT2D eigenvalue weighted by Crippen LogP contribution is 2.21. The van der Waals surface area contributed by atoms with Gasteiger partial charge in [-0.15, -0.1) is 0 Å². The van der Waals surface area contributed by atoms with Gasteiger partial charge >= 0.3 is 0 Å². The lowest BCUT2D eigenvalue weighted by Crippen LogP contribution is -2.12. The third-order valence-corrected chi connectivity index (χ3v) is 3.61. The number of hydrogen-bond acceptors (Lipinski definition) is 4. The molecule has 0 unspecified atom stereocenters. The van der Waals surface area contributed by atoms with E-state index in [9.17, 15) is 9.18 Å². The van der Waals surface area contributed by atoms with E-state index in [2.05, 4.69) is 31.4 Å². The van der Waals surface area contributed by atoms with Crippen molar-refractivity contribution < 1.29 is 13.7 Å². The number of anilines is 1. The standard InChI is InChI=1S/C16H11BrFN3O2/c1-9-19-15(21-23-9)10-2-4-11(5-3-10)16(22)20-14-7-6-12(17)8-13(14)18/h2-8H,1H3,(H,20,22). The highest BCUT2D eigenvalue weighted by Gasteiger charge is 2.11. The molecule has 0 aliphatic heterocycles. The fraction of sp³-hybridized carbons (Fsp3) is 0.0625. The van der Waals surface area contributed by atoms with Crippen LogP contribution in [0.15, 0.2) is 51.5 Å². The van der Waals surface area contributed by atoms with Gasteiger partial charge in [0.15, 0.2) is 0 Å². The van der Waals surface area contributed by atoms with Crippen LogP contribution in [-0.4, -0.2) is 16.0 Å². The number of hydrogen-bond donors (Lipinski definition) is 1. The summed E-state index contributed by atoms with van der Waals surface area (Å²) in [5.41, 5.74) is 1.25. The van der Waals surface area contributed by atoms with Crippen molar-refractivity contribution in [3.05, 3.63) is 64.2 Å². The van der Waals surface area contributed by atoms with E-state index in [1.165, 1.54) is 12.1 Å². The normalized spacial score (nSPS) is 10.6. The van der Waals surface area contributed by atoms with E-state index in [0.29, 0.717) is 21.8 Å². The Morgan fingerprint density at radius 3 is 2.57 bits per heavy atom. The number of carbonyl (C=O) groups is 1. The summed E-state index contributed by atoms with van der Waals surface area (Å²) in [6.45, 7) is 1.70. The summed E-state index contributed by atoms with van der Waals surface area (Å²) >= 11 is 3.17. The molecule has 0 saturated heterocycles. The van der Waals surface area contributed by atoms with Gasteiger partial charge in [-0.1, -0.05) is 33.2 Å². The van der Waals surface area contributed by atoms with Gasteiger partial charge in [0.1, 0.15) is 5.82 Å². The van der Waals surface area contributed by atoms with Crippen molar-refractivity contribution in [3.8, 4) is 11.4 Å². The van der Waals surface area contributed by atoms with Crippen LogP contribution in [0.2, 0.25) is 0 Å². The molecule has 23 heavy (non-hydrogen) atoms. The molecule has 0 atom stereocenters. The Kier molecular flexibility index (Phi) is 4.20. The van der Waals surface area contributed by atoms with Gasteiger partial charge < -0.3 is 9.84 Å². The van der Waals surface area contributed by atoms with Crippen LogP contribution in [0.5, 0.6) is 0 Å². The molecule has 0 radical (unpaired) electrons. The van der Waals surface area contributed by atoms with E-state index in [-0.39, 0.29) is 5.69 Å². The van der Waals surface area contributed by atoms with E-state index in [1.807, 2.05) is 0 Å². The minimum Gasteiger partial charge on any atom is -0.339 e. The number of halogens is 2. The number of benzene rings is 2. The van der Waals surface area contributed by atoms with Gasteiger partial charge in [0.05, 0.1) is 5.69 Å². The molecule has 1 N–H and O–H groups in total. The van der Waals surface area contributed by atoms with Gasteiger partial charge in [-0.05, 0) is 30.3 Å². The molecule has 0 spiro atoms. The molecule has 5 nitrogen and oxygen atoms in total. The SMILES string of the molecule is Cc1nc(-c2ccc(C(=O)Nc3ccc(Br)cc3F)cc2)no1. The Hall–Kier alpha value is -2.54. The van der Waals surface area contributed by atoms with Crippen LogP contribution < -0.4 is 5.32 Å². The van der Waals surface area contributed by atoms with Crippen LogP contribution in [0.1, 0.15) is 16.2 Å². The molecule has 1 heterocycles. The fourth-order valence-corrected chi connectivity index (χ4v) is 2.31. The van der Waals surface area contributed by atoms with Crippen molar-refractivity contribution in [3.63, 3.8) is 0 Å². The summed E-state index contributed by atoms with van der Waals surface area (Å²) in [4.78, 5) is 16.3. The van der Waals surface area contributed by atoms with Crippen molar-refractivity contribution in [1.29, 1.82) is 0 Å². The highest BCUT2D eigenvalue weighted by molar-refractivity contribution is 9.10. The molecule has 0 bridgehead atoms. The van der Waals surface area contributed by atoms with Gasteiger partial charge in [-0.3, -0.25) is 4.79 Å². The maximum absolute atomic E-state index is 13.7. The first kappa shape index (κ1) is 15.4. The molecule has 1 aromatic heterocycles. The van der Waals surface area contributed by atoms with Gasteiger partial charge in [0, 0.05) is 22.5 Å². The van der Waals surface area contributed by atoms with E-state index >= 15 is 0 Å². The lowest BCUT2D eigenvalue weighted by atomic mass is 10.1. The average molecular weight is 376 g/mol. The summed E-state index contributed by atoms with van der Waals surface area (Å²) < 4.78 is 19.3. The Morgan fingerprint density at radius 1 is 1.22 bits per heavy atom. The molecule has 1 amide bonds. The Morgan fingerprint density at radius 2 is 1.96 bits per heavy atom. The van der Waals surface area contributed by atoms with Crippen molar-refractivity contribution in [2.45, 2.75) is 6.92 Å². The second kappa shape index (κ2) is 6.29. The van der Waals surface area contributed by atoms with Crippen LogP contribution in [0.4, 0.5) is 10.1 Å². The van der Waals surface area contributed by atoms with Crippen LogP contribution in [0.3, 0.4) is 0 Å². The molecule has 0 aliphatic rings. The number of aromatic nitrogens is 2. The molecule has 7 heteroatoms. The zero-order valence-corrected chi connectivity index (χ0v) is 13.6. The lowest BCUT2D eigenvalue weighted by Gasteiger charge is -2.07. The molecule has 0 aliphatic carbocycles. The fourth-order valence-electron chi connectivity index (χ4n) is 1.97. The predicted octanol–water partition coefficient (Wildman–Crippen LogP) is 4.20. The number of aryl methyl sites for hydroxylation is 1. The first-order valence-corrected chi connectivity index (χ1v) is 7.49. The summed E-state index contributed by atoms with van der Waals surface area (Å²) in [7, 11) is 0. The minimum atomic E-state index is -0.508. The summed E-state index contributed by atoms with van der Waals surface area (Å²) in [5, 5.41) is 6.34. The molecule has 0 fully saturated rings. The topological polar surface area (TPSA) is 68.0 Å². The summed E-state index contributed by atoms with van der Waals surface area (Å²) in [5.74, 6) is 0.00891. The van der Waals surface area contributed by atoms with Crippen LogP contribution in [-0.2, 0) is 0 Å². The largest absolute Gasteiger partial charge is 0.339 e. The predicted molar refractivity (Wildman–Crippen MR) is 86.5 cm³/mol. The van der Waals surface area contributed by atoms with Crippen LogP contribution in [0, 0.1) is 12.7 Å². The van der Waals surface area contributed by atoms with Gasteiger partial charge in [0.2, 0.25) is 11.7 Å². The average Bonchev–Trinajstić information content (AvgIpc) is 2.97.